The number of nitrogens with zero attached hydrogens (tertiary/aromatic N) is 1. The van der Waals surface area contributed by atoms with Gasteiger partial charge in [-0.1, -0.05) is 0 Å². The maximum atomic E-state index is 12.6. The normalized spacial score (nSPS) is 13.5. The van der Waals surface area contributed by atoms with Crippen molar-refractivity contribution in [3.63, 3.8) is 0 Å². The summed E-state index contributed by atoms with van der Waals surface area (Å²) in [6.45, 7) is 0. The second kappa shape index (κ2) is 7.41. The van der Waals surface area contributed by atoms with Crippen LogP contribution in [0.2, 0.25) is 0 Å². The molecular formula is C18H20N2O5S2. The number of nitrogens with one attached hydrogen (secondary N) is 1. The first-order chi connectivity index (χ1) is 12.8. The Morgan fingerprint density at radius 3 is 2.41 bits per heavy atom. The van der Waals surface area contributed by atoms with Crippen LogP contribution in [-0.4, -0.2) is 45.8 Å². The zero-order valence-corrected chi connectivity index (χ0v) is 16.9. The monoisotopic (exact) mass is 408 g/mol. The van der Waals surface area contributed by atoms with Gasteiger partial charge in [-0.25, -0.2) is 17.5 Å². The average molecular weight is 409 g/mol. The molecule has 27 heavy (non-hydrogen) atoms. The number of carbonyl (C=O) groups excluding carboxylic acids is 2. The van der Waals surface area contributed by atoms with Gasteiger partial charge in [-0.05, 0) is 49.1 Å². The maximum absolute atomic E-state index is 12.6. The van der Waals surface area contributed by atoms with Gasteiger partial charge in [0.25, 0.3) is 5.91 Å². The summed E-state index contributed by atoms with van der Waals surface area (Å²) < 4.78 is 30.2. The molecule has 1 heterocycles. The molecule has 0 saturated carbocycles. The summed E-state index contributed by atoms with van der Waals surface area (Å²) in [5, 5.41) is 3.24. The van der Waals surface area contributed by atoms with Crippen molar-refractivity contribution in [2.24, 2.45) is 0 Å². The van der Waals surface area contributed by atoms with E-state index in [9.17, 15) is 18.0 Å². The molecule has 0 radical (unpaired) electrons. The molecule has 2 aromatic rings. The molecule has 0 atom stereocenters. The van der Waals surface area contributed by atoms with Crippen molar-refractivity contribution in [3.8, 4) is 0 Å². The van der Waals surface area contributed by atoms with Crippen LogP contribution >= 0.6 is 11.3 Å². The van der Waals surface area contributed by atoms with E-state index < -0.39 is 21.9 Å². The number of hydrogen-bond donors (Lipinski definition) is 1. The van der Waals surface area contributed by atoms with E-state index >= 15 is 0 Å². The molecular weight excluding hydrogens is 388 g/mol. The highest BCUT2D eigenvalue weighted by Crippen LogP contribution is 2.39. The first-order valence-electron chi connectivity index (χ1n) is 8.32. The number of sulfonamides is 1. The van der Waals surface area contributed by atoms with Gasteiger partial charge < -0.3 is 10.1 Å². The number of hydrogen-bond acceptors (Lipinski definition) is 6. The third-order valence-corrected chi connectivity index (χ3v) is 7.47. The van der Waals surface area contributed by atoms with Crippen molar-refractivity contribution in [3.05, 3.63) is 45.8 Å². The smallest absolute Gasteiger partial charge is 0.341 e. The SMILES string of the molecule is COC(=O)c1c(NC(=O)c2ccc(S(=O)(=O)N(C)C)cc2)sc2c1CCC2. The van der Waals surface area contributed by atoms with Crippen molar-refractivity contribution >= 4 is 38.2 Å². The van der Waals surface area contributed by atoms with Gasteiger partial charge in [0.05, 0.1) is 17.6 Å². The highest BCUT2D eigenvalue weighted by Gasteiger charge is 2.28. The zero-order chi connectivity index (χ0) is 19.8. The van der Waals surface area contributed by atoms with Gasteiger partial charge in [-0.3, -0.25) is 4.79 Å². The Morgan fingerprint density at radius 2 is 1.81 bits per heavy atom. The lowest BCUT2D eigenvalue weighted by Crippen LogP contribution is -2.22. The Labute approximate surface area is 162 Å². The van der Waals surface area contributed by atoms with E-state index in [1.165, 1.54) is 56.8 Å². The standard InChI is InChI=1S/C18H20N2O5S2/c1-20(2)27(23,24)12-9-7-11(8-10-12)16(21)19-17-15(18(22)25-3)13-5-4-6-14(13)26-17/h7-10H,4-6H2,1-3H3,(H,19,21). The van der Waals surface area contributed by atoms with Gasteiger partial charge in [-0.2, -0.15) is 0 Å². The fraction of sp³-hybridized carbons (Fsp3) is 0.333. The number of amides is 1. The Hall–Kier alpha value is -2.23. The van der Waals surface area contributed by atoms with Crippen LogP contribution in [0.3, 0.4) is 0 Å². The van der Waals surface area contributed by atoms with Gasteiger partial charge in [0.15, 0.2) is 0 Å². The fourth-order valence-corrected chi connectivity index (χ4v) is 5.15. The van der Waals surface area contributed by atoms with Crippen LogP contribution in [0, 0.1) is 0 Å². The van der Waals surface area contributed by atoms with Crippen LogP contribution in [0.25, 0.3) is 0 Å². The maximum Gasteiger partial charge on any atom is 0.341 e. The van der Waals surface area contributed by atoms with E-state index in [2.05, 4.69) is 5.32 Å². The molecule has 0 fully saturated rings. The van der Waals surface area contributed by atoms with Crippen LogP contribution in [-0.2, 0) is 27.6 Å². The highest BCUT2D eigenvalue weighted by molar-refractivity contribution is 7.89. The van der Waals surface area contributed by atoms with Gasteiger partial charge >= 0.3 is 5.97 Å². The first kappa shape index (κ1) is 19.5. The van der Waals surface area contributed by atoms with E-state index in [1.54, 1.807) is 0 Å². The van der Waals surface area contributed by atoms with Crippen LogP contribution in [0.4, 0.5) is 5.00 Å². The van der Waals surface area contributed by atoms with Gasteiger partial charge in [0.1, 0.15) is 5.00 Å². The highest BCUT2D eigenvalue weighted by atomic mass is 32.2. The van der Waals surface area contributed by atoms with E-state index in [0.717, 1.165) is 34.0 Å². The van der Waals surface area contributed by atoms with E-state index in [4.69, 9.17) is 4.74 Å². The Bertz CT molecular complexity index is 992. The molecule has 0 bridgehead atoms. The fourth-order valence-electron chi connectivity index (χ4n) is 2.97. The van der Waals surface area contributed by atoms with Crippen LogP contribution in [0.5, 0.6) is 0 Å². The molecule has 7 nitrogen and oxygen atoms in total. The molecule has 0 aliphatic heterocycles. The number of ether oxygens (including phenoxy) is 1. The second-order valence-electron chi connectivity index (χ2n) is 6.32. The molecule has 0 unspecified atom stereocenters. The lowest BCUT2D eigenvalue weighted by Gasteiger charge is -2.11. The summed E-state index contributed by atoms with van der Waals surface area (Å²) in [6.07, 6.45) is 2.67. The Kier molecular flexibility index (Phi) is 5.36. The van der Waals surface area contributed by atoms with Crippen molar-refractivity contribution < 1.29 is 22.7 Å². The number of esters is 1. The van der Waals surface area contributed by atoms with Crippen LogP contribution in [0.1, 0.15) is 37.6 Å². The number of benzene rings is 1. The third-order valence-electron chi connectivity index (χ3n) is 4.43. The lowest BCUT2D eigenvalue weighted by molar-refractivity contribution is 0.0601. The van der Waals surface area contributed by atoms with E-state index in [0.29, 0.717) is 16.1 Å². The van der Waals surface area contributed by atoms with Crippen molar-refractivity contribution in [1.29, 1.82) is 0 Å². The van der Waals surface area contributed by atoms with Gasteiger partial charge in [0.2, 0.25) is 10.0 Å². The molecule has 9 heteroatoms. The van der Waals surface area contributed by atoms with Gasteiger partial charge in [-0.15, -0.1) is 11.3 Å². The summed E-state index contributed by atoms with van der Waals surface area (Å²) in [6, 6.07) is 5.68. The minimum absolute atomic E-state index is 0.106. The molecule has 3 rings (SSSR count). The lowest BCUT2D eigenvalue weighted by atomic mass is 10.1. The third kappa shape index (κ3) is 3.62. The topological polar surface area (TPSA) is 92.8 Å². The van der Waals surface area contributed by atoms with E-state index in [-0.39, 0.29) is 4.90 Å². The first-order valence-corrected chi connectivity index (χ1v) is 10.6. The molecule has 1 aliphatic carbocycles. The summed E-state index contributed by atoms with van der Waals surface area (Å²) in [5.41, 5.74) is 1.68. The summed E-state index contributed by atoms with van der Waals surface area (Å²) in [5.74, 6) is -0.869. The molecule has 1 amide bonds. The minimum Gasteiger partial charge on any atom is -0.465 e. The number of rotatable bonds is 5. The molecule has 0 saturated heterocycles. The van der Waals surface area contributed by atoms with Crippen LogP contribution < -0.4 is 5.32 Å². The summed E-state index contributed by atoms with van der Waals surface area (Å²) in [4.78, 5) is 25.9. The molecule has 1 N–H and O–H groups in total. The predicted octanol–water partition coefficient (Wildman–Crippen LogP) is 2.53. The Balaban J connectivity index is 1.86. The molecule has 1 aromatic carbocycles. The van der Waals surface area contributed by atoms with Gasteiger partial charge in [0, 0.05) is 24.5 Å². The van der Waals surface area contributed by atoms with Crippen molar-refractivity contribution in [1.82, 2.24) is 4.31 Å². The summed E-state index contributed by atoms with van der Waals surface area (Å²) in [7, 11) is 0.651. The molecule has 1 aliphatic rings. The molecule has 0 spiro atoms. The van der Waals surface area contributed by atoms with Crippen LogP contribution in [0.15, 0.2) is 29.2 Å². The average Bonchev–Trinajstić information content (AvgIpc) is 3.21. The number of aryl methyl sites for hydroxylation is 1. The second-order valence-corrected chi connectivity index (χ2v) is 9.58. The van der Waals surface area contributed by atoms with E-state index in [1.807, 2.05) is 0 Å². The molecule has 1 aromatic heterocycles. The number of carbonyl (C=O) groups is 2. The number of anilines is 1. The van der Waals surface area contributed by atoms with Crippen molar-refractivity contribution in [2.45, 2.75) is 24.2 Å². The predicted molar refractivity (Wildman–Crippen MR) is 103 cm³/mol. The number of methoxy groups -OCH3 is 1. The molecule has 144 valence electrons. The minimum atomic E-state index is -3.56. The summed E-state index contributed by atoms with van der Waals surface area (Å²) >= 11 is 1.39. The van der Waals surface area contributed by atoms with Crippen molar-refractivity contribution in [2.75, 3.05) is 26.5 Å². The Morgan fingerprint density at radius 1 is 1.15 bits per heavy atom. The zero-order valence-electron chi connectivity index (χ0n) is 15.2. The quantitative estimate of drug-likeness (QED) is 0.768. The largest absolute Gasteiger partial charge is 0.465 e. The number of thiophene rings is 1. The number of fused-ring (bicyclic) bond motifs is 1.